The van der Waals surface area contributed by atoms with Gasteiger partial charge in [-0.3, -0.25) is 0 Å². The van der Waals surface area contributed by atoms with Gasteiger partial charge in [-0.25, -0.2) is 4.79 Å². The van der Waals surface area contributed by atoms with Gasteiger partial charge in [0.25, 0.3) is 0 Å². The SMILES string of the molecule is C[N@@+]1(CCCc2ccon2)CCCC(OC(=O)C(O)(c2ccccc2)C2CCCC2)C1. The van der Waals surface area contributed by atoms with Crippen LogP contribution in [0.4, 0.5) is 0 Å². The lowest BCUT2D eigenvalue weighted by Gasteiger charge is -2.42. The van der Waals surface area contributed by atoms with E-state index in [0.29, 0.717) is 5.56 Å². The second kappa shape index (κ2) is 9.53. The third kappa shape index (κ3) is 5.01. The first-order valence-electron chi connectivity index (χ1n) is 11.7. The quantitative estimate of drug-likeness (QED) is 0.512. The summed E-state index contributed by atoms with van der Waals surface area (Å²) in [5.41, 5.74) is 0.0922. The molecule has 6 nitrogen and oxygen atoms in total. The highest BCUT2D eigenvalue weighted by molar-refractivity contribution is 5.81. The van der Waals surface area contributed by atoms with Crippen molar-refractivity contribution in [3.05, 3.63) is 53.9 Å². The molecule has 1 aliphatic carbocycles. The van der Waals surface area contributed by atoms with Gasteiger partial charge in [0.05, 0.1) is 25.8 Å². The minimum Gasteiger partial charge on any atom is -0.454 e. The average molecular weight is 428 g/mol. The molecule has 2 fully saturated rings. The van der Waals surface area contributed by atoms with Crippen LogP contribution in [0.15, 0.2) is 47.2 Å². The zero-order valence-corrected chi connectivity index (χ0v) is 18.5. The summed E-state index contributed by atoms with van der Waals surface area (Å²) in [6.45, 7) is 2.88. The van der Waals surface area contributed by atoms with Gasteiger partial charge in [0.1, 0.15) is 12.8 Å². The van der Waals surface area contributed by atoms with Gasteiger partial charge in [-0.2, -0.15) is 0 Å². The number of carbonyl (C=O) groups excluding carboxylic acids is 1. The number of hydrogen-bond donors (Lipinski definition) is 1. The summed E-state index contributed by atoms with van der Waals surface area (Å²) in [5, 5.41) is 15.7. The zero-order chi connectivity index (χ0) is 21.7. The number of aromatic nitrogens is 1. The summed E-state index contributed by atoms with van der Waals surface area (Å²) in [6.07, 6.45) is 9.07. The Morgan fingerprint density at radius 1 is 1.19 bits per heavy atom. The second-order valence-electron chi connectivity index (χ2n) is 9.63. The zero-order valence-electron chi connectivity index (χ0n) is 18.5. The van der Waals surface area contributed by atoms with E-state index in [-0.39, 0.29) is 12.0 Å². The highest BCUT2D eigenvalue weighted by Gasteiger charge is 2.49. The maximum absolute atomic E-state index is 13.4. The van der Waals surface area contributed by atoms with Crippen LogP contribution in [0.3, 0.4) is 0 Å². The van der Waals surface area contributed by atoms with Crippen LogP contribution in [0, 0.1) is 5.92 Å². The van der Waals surface area contributed by atoms with Gasteiger partial charge in [-0.1, -0.05) is 48.3 Å². The van der Waals surface area contributed by atoms with Crippen molar-refractivity contribution in [1.29, 1.82) is 0 Å². The van der Waals surface area contributed by atoms with Gasteiger partial charge in [0, 0.05) is 24.8 Å². The van der Waals surface area contributed by atoms with Crippen LogP contribution in [-0.2, 0) is 21.6 Å². The highest BCUT2D eigenvalue weighted by atomic mass is 16.6. The summed E-state index contributed by atoms with van der Waals surface area (Å²) < 4.78 is 11.8. The number of nitrogens with zero attached hydrogens (tertiary/aromatic N) is 2. The third-order valence-corrected chi connectivity index (χ3v) is 7.24. The average Bonchev–Trinajstić information content (AvgIpc) is 3.48. The van der Waals surface area contributed by atoms with Crippen LogP contribution in [0.25, 0.3) is 0 Å². The minimum absolute atomic E-state index is 0.0747. The Morgan fingerprint density at radius 2 is 1.97 bits per heavy atom. The lowest BCUT2D eigenvalue weighted by atomic mass is 9.80. The molecule has 6 heteroatoms. The maximum atomic E-state index is 13.4. The van der Waals surface area contributed by atoms with Crippen molar-refractivity contribution in [2.75, 3.05) is 26.7 Å². The van der Waals surface area contributed by atoms with Crippen molar-refractivity contribution in [3.63, 3.8) is 0 Å². The topological polar surface area (TPSA) is 72.6 Å². The predicted octanol–water partition coefficient (Wildman–Crippen LogP) is 3.84. The Hall–Kier alpha value is -2.18. The van der Waals surface area contributed by atoms with Crippen molar-refractivity contribution >= 4 is 5.97 Å². The summed E-state index contributed by atoms with van der Waals surface area (Å²) >= 11 is 0. The summed E-state index contributed by atoms with van der Waals surface area (Å²) in [4.78, 5) is 13.4. The normalized spacial score (nSPS) is 26.5. The molecule has 2 heterocycles. The molecule has 1 saturated heterocycles. The van der Waals surface area contributed by atoms with Gasteiger partial charge < -0.3 is 18.8 Å². The number of aryl methyl sites for hydroxylation is 1. The van der Waals surface area contributed by atoms with Crippen LogP contribution in [-0.4, -0.2) is 53.5 Å². The van der Waals surface area contributed by atoms with Gasteiger partial charge in [0.15, 0.2) is 11.7 Å². The molecule has 4 rings (SSSR count). The molecule has 1 aromatic carbocycles. The van der Waals surface area contributed by atoms with E-state index in [0.717, 1.165) is 81.2 Å². The highest BCUT2D eigenvalue weighted by Crippen LogP contribution is 2.42. The number of ether oxygens (including phenoxy) is 1. The molecule has 31 heavy (non-hydrogen) atoms. The fraction of sp³-hybridized carbons (Fsp3) is 0.600. The van der Waals surface area contributed by atoms with E-state index in [1.807, 2.05) is 36.4 Å². The molecule has 2 aliphatic rings. The van der Waals surface area contributed by atoms with Crippen LogP contribution < -0.4 is 0 Å². The molecular weight excluding hydrogens is 392 g/mol. The molecule has 0 amide bonds. The number of aliphatic hydroxyl groups is 1. The first-order chi connectivity index (χ1) is 15.0. The van der Waals surface area contributed by atoms with Crippen molar-refractivity contribution in [2.24, 2.45) is 5.92 Å². The smallest absolute Gasteiger partial charge is 0.343 e. The van der Waals surface area contributed by atoms with Gasteiger partial charge in [-0.05, 0) is 31.2 Å². The molecule has 2 aromatic rings. The summed E-state index contributed by atoms with van der Waals surface area (Å²) in [6, 6.07) is 11.3. The van der Waals surface area contributed by atoms with Crippen molar-refractivity contribution in [2.45, 2.75) is 63.1 Å². The van der Waals surface area contributed by atoms with E-state index in [4.69, 9.17) is 9.26 Å². The number of quaternary nitrogens is 1. The predicted molar refractivity (Wildman–Crippen MR) is 117 cm³/mol. The number of benzene rings is 1. The lowest BCUT2D eigenvalue weighted by molar-refractivity contribution is -0.917. The molecule has 1 saturated carbocycles. The summed E-state index contributed by atoms with van der Waals surface area (Å²) in [5.74, 6) is -0.541. The minimum atomic E-state index is -1.55. The molecule has 2 unspecified atom stereocenters. The van der Waals surface area contributed by atoms with Gasteiger partial charge in [0.2, 0.25) is 0 Å². The Morgan fingerprint density at radius 3 is 2.68 bits per heavy atom. The first kappa shape index (κ1) is 22.0. The lowest BCUT2D eigenvalue weighted by Crippen LogP contribution is -2.55. The molecule has 0 radical (unpaired) electrons. The maximum Gasteiger partial charge on any atom is 0.343 e. The van der Waals surface area contributed by atoms with Crippen molar-refractivity contribution < 1.29 is 23.6 Å². The second-order valence-corrected chi connectivity index (χ2v) is 9.63. The van der Waals surface area contributed by atoms with E-state index in [1.165, 1.54) is 0 Å². The Bertz CT molecular complexity index is 834. The molecule has 1 aliphatic heterocycles. The molecule has 3 atom stereocenters. The molecule has 1 N–H and O–H groups in total. The molecule has 1 aromatic heterocycles. The van der Waals surface area contributed by atoms with Gasteiger partial charge in [-0.15, -0.1) is 0 Å². The number of piperidine rings is 1. The van der Waals surface area contributed by atoms with Crippen LogP contribution in [0.5, 0.6) is 0 Å². The monoisotopic (exact) mass is 427 g/mol. The van der Waals surface area contributed by atoms with E-state index >= 15 is 0 Å². The Balaban J connectivity index is 1.41. The van der Waals surface area contributed by atoms with Gasteiger partial charge >= 0.3 is 5.97 Å². The number of rotatable bonds is 8. The number of carbonyl (C=O) groups is 1. The first-order valence-corrected chi connectivity index (χ1v) is 11.7. The molecule has 0 spiro atoms. The van der Waals surface area contributed by atoms with E-state index in [2.05, 4.69) is 12.2 Å². The van der Waals surface area contributed by atoms with Crippen LogP contribution in [0.1, 0.15) is 56.2 Å². The summed E-state index contributed by atoms with van der Waals surface area (Å²) in [7, 11) is 2.24. The van der Waals surface area contributed by atoms with E-state index in [1.54, 1.807) is 6.26 Å². The number of hydrogen-bond acceptors (Lipinski definition) is 5. The fourth-order valence-corrected chi connectivity index (χ4v) is 5.48. The number of esters is 1. The van der Waals surface area contributed by atoms with Crippen LogP contribution >= 0.6 is 0 Å². The molecule has 168 valence electrons. The molecular formula is C25H35N2O4+. The number of likely N-dealkylation sites (tertiary alicyclic amines) is 1. The van der Waals surface area contributed by atoms with Crippen molar-refractivity contribution in [1.82, 2.24) is 5.16 Å². The third-order valence-electron chi connectivity index (χ3n) is 7.24. The standard InChI is InChI=1S/C25H35N2O4/c1-27(16-7-13-22-15-18-30-26-22)17-8-14-23(19-27)31-24(28)25(29,21-11-5-6-12-21)20-9-3-2-4-10-20/h2-4,9-10,15,18,21,23,29H,5-8,11-14,16-17,19H2,1H3/q+1/t23?,25?,27-/m1/s1. The Labute approximate surface area is 184 Å². The largest absolute Gasteiger partial charge is 0.454 e. The Kier molecular flexibility index (Phi) is 6.77. The van der Waals surface area contributed by atoms with Crippen LogP contribution in [0.2, 0.25) is 0 Å². The van der Waals surface area contributed by atoms with E-state index < -0.39 is 11.6 Å². The van der Waals surface area contributed by atoms with Crippen molar-refractivity contribution in [3.8, 4) is 0 Å². The van der Waals surface area contributed by atoms with E-state index in [9.17, 15) is 9.90 Å². The molecule has 0 bridgehead atoms. The fourth-order valence-electron chi connectivity index (χ4n) is 5.48. The number of likely N-dealkylation sites (N-methyl/N-ethyl adjacent to an activating group) is 1.